The summed E-state index contributed by atoms with van der Waals surface area (Å²) in [7, 11) is 0. The van der Waals surface area contributed by atoms with Gasteiger partial charge in [0, 0.05) is 18.2 Å². The van der Waals surface area contributed by atoms with Gasteiger partial charge in [-0.3, -0.25) is 4.79 Å². The van der Waals surface area contributed by atoms with Gasteiger partial charge in [0.2, 0.25) is 5.91 Å². The number of rotatable bonds is 4. The molecule has 0 aromatic heterocycles. The van der Waals surface area contributed by atoms with Crippen LogP contribution in [-0.4, -0.2) is 18.5 Å². The molecule has 3 nitrogen and oxygen atoms in total. The molecule has 0 radical (unpaired) electrons. The van der Waals surface area contributed by atoms with Crippen LogP contribution in [0.1, 0.15) is 31.7 Å². The lowest BCUT2D eigenvalue weighted by Gasteiger charge is -2.35. The third-order valence-corrected chi connectivity index (χ3v) is 3.51. The second-order valence-corrected chi connectivity index (χ2v) is 4.68. The normalized spacial score (nSPS) is 16.6. The lowest BCUT2D eigenvalue weighted by atomic mass is 9.97. The van der Waals surface area contributed by atoms with Crippen molar-refractivity contribution in [2.75, 3.05) is 11.4 Å². The number of carbonyl (C=O) groups is 1. The zero-order valence-corrected chi connectivity index (χ0v) is 10.7. The first-order valence-corrected chi connectivity index (χ1v) is 6.48. The van der Waals surface area contributed by atoms with Crippen LogP contribution in [-0.2, 0) is 11.2 Å². The molecule has 0 saturated heterocycles. The largest absolute Gasteiger partial charge is 0.330 e. The second kappa shape index (κ2) is 5.48. The van der Waals surface area contributed by atoms with Crippen LogP contribution in [0.3, 0.4) is 0 Å². The number of benzene rings is 1. The summed E-state index contributed by atoms with van der Waals surface area (Å²) in [5.74, 6) is -0.121. The molecule has 1 aliphatic rings. The van der Waals surface area contributed by atoms with E-state index in [4.69, 9.17) is 5.73 Å². The van der Waals surface area contributed by atoms with Crippen molar-refractivity contribution in [1.29, 1.82) is 0 Å². The maximum absolute atomic E-state index is 13.2. The van der Waals surface area contributed by atoms with Gasteiger partial charge in [0.15, 0.2) is 0 Å². The fourth-order valence-electron chi connectivity index (χ4n) is 2.59. The Morgan fingerprint density at radius 1 is 1.44 bits per heavy atom. The summed E-state index contributed by atoms with van der Waals surface area (Å²) in [4.78, 5) is 13.9. The molecule has 1 amide bonds. The van der Waals surface area contributed by atoms with E-state index in [1.54, 1.807) is 6.07 Å². The fraction of sp³-hybridized carbons (Fsp3) is 0.500. The van der Waals surface area contributed by atoms with E-state index < -0.39 is 0 Å². The fourth-order valence-corrected chi connectivity index (χ4v) is 2.59. The molecule has 0 bridgehead atoms. The summed E-state index contributed by atoms with van der Waals surface area (Å²) in [5, 5.41) is 0. The molecule has 2 rings (SSSR count). The van der Waals surface area contributed by atoms with E-state index in [0.717, 1.165) is 24.1 Å². The molecule has 18 heavy (non-hydrogen) atoms. The molecule has 0 saturated carbocycles. The minimum Gasteiger partial charge on any atom is -0.330 e. The van der Waals surface area contributed by atoms with Crippen molar-refractivity contribution in [1.82, 2.24) is 0 Å². The number of halogens is 1. The first-order valence-electron chi connectivity index (χ1n) is 6.48. The topological polar surface area (TPSA) is 46.3 Å². The highest BCUT2D eigenvalue weighted by Crippen LogP contribution is 2.31. The standard InChI is InChI=1S/C14H19FN2O/c1-2-12(7-8-16)17-13-5-4-11(15)9-10(13)3-6-14(17)18/h4-5,9,12H,2-3,6-8,16H2,1H3. The third-order valence-electron chi connectivity index (χ3n) is 3.51. The van der Waals surface area contributed by atoms with E-state index in [1.165, 1.54) is 12.1 Å². The molecule has 1 atom stereocenters. The zero-order valence-electron chi connectivity index (χ0n) is 10.7. The van der Waals surface area contributed by atoms with Crippen molar-refractivity contribution in [3.8, 4) is 0 Å². The molecule has 4 heteroatoms. The van der Waals surface area contributed by atoms with E-state index in [-0.39, 0.29) is 17.8 Å². The Balaban J connectivity index is 2.38. The van der Waals surface area contributed by atoms with E-state index in [1.807, 2.05) is 11.8 Å². The molecule has 0 aliphatic carbocycles. The minimum atomic E-state index is -0.241. The highest BCUT2D eigenvalue weighted by Gasteiger charge is 2.29. The van der Waals surface area contributed by atoms with Gasteiger partial charge in [-0.1, -0.05) is 6.92 Å². The number of fused-ring (bicyclic) bond motifs is 1. The molecular formula is C14H19FN2O. The zero-order chi connectivity index (χ0) is 13.1. The number of anilines is 1. The number of aryl methyl sites for hydroxylation is 1. The van der Waals surface area contributed by atoms with E-state index in [2.05, 4.69) is 0 Å². The summed E-state index contributed by atoms with van der Waals surface area (Å²) in [6, 6.07) is 4.77. The number of hydrogen-bond donors (Lipinski definition) is 1. The van der Waals surface area contributed by atoms with E-state index in [0.29, 0.717) is 19.4 Å². The van der Waals surface area contributed by atoms with Crippen molar-refractivity contribution in [2.24, 2.45) is 5.73 Å². The Bertz CT molecular complexity index is 447. The van der Waals surface area contributed by atoms with Gasteiger partial charge >= 0.3 is 0 Å². The summed E-state index contributed by atoms with van der Waals surface area (Å²) in [6.07, 6.45) is 2.72. The maximum Gasteiger partial charge on any atom is 0.227 e. The van der Waals surface area contributed by atoms with Gasteiger partial charge in [-0.2, -0.15) is 0 Å². The molecule has 1 aliphatic heterocycles. The first kappa shape index (κ1) is 13.0. The van der Waals surface area contributed by atoms with Crippen molar-refractivity contribution >= 4 is 11.6 Å². The molecule has 1 unspecified atom stereocenters. The van der Waals surface area contributed by atoms with Crippen molar-refractivity contribution in [3.05, 3.63) is 29.6 Å². The quantitative estimate of drug-likeness (QED) is 0.890. The van der Waals surface area contributed by atoms with Crippen LogP contribution in [0.5, 0.6) is 0 Å². The van der Waals surface area contributed by atoms with E-state index >= 15 is 0 Å². The molecule has 1 aromatic rings. The molecule has 1 heterocycles. The van der Waals surface area contributed by atoms with Crippen molar-refractivity contribution in [3.63, 3.8) is 0 Å². The predicted octanol–water partition coefficient (Wildman–Crippen LogP) is 2.23. The summed E-state index contributed by atoms with van der Waals surface area (Å²) in [6.45, 7) is 2.60. The first-order chi connectivity index (χ1) is 8.67. The van der Waals surface area contributed by atoms with Crippen molar-refractivity contribution in [2.45, 2.75) is 38.6 Å². The Kier molecular flexibility index (Phi) is 3.97. The van der Waals surface area contributed by atoms with Gasteiger partial charge in [-0.25, -0.2) is 4.39 Å². The highest BCUT2D eigenvalue weighted by atomic mass is 19.1. The molecule has 98 valence electrons. The van der Waals surface area contributed by atoms with Gasteiger partial charge in [-0.05, 0) is 49.6 Å². The summed E-state index contributed by atoms with van der Waals surface area (Å²) < 4.78 is 13.2. The Labute approximate surface area is 107 Å². The predicted molar refractivity (Wildman–Crippen MR) is 70.0 cm³/mol. The Morgan fingerprint density at radius 3 is 2.89 bits per heavy atom. The van der Waals surface area contributed by atoms with Crippen LogP contribution in [0.15, 0.2) is 18.2 Å². The average molecular weight is 250 g/mol. The Hall–Kier alpha value is -1.42. The van der Waals surface area contributed by atoms with Crippen LogP contribution in [0.4, 0.5) is 10.1 Å². The third kappa shape index (κ3) is 2.38. The number of nitrogens with zero attached hydrogens (tertiary/aromatic N) is 1. The lowest BCUT2D eigenvalue weighted by Crippen LogP contribution is -2.44. The SMILES string of the molecule is CCC(CCN)N1C(=O)CCc2cc(F)ccc21. The number of amides is 1. The summed E-state index contributed by atoms with van der Waals surface area (Å²) in [5.41, 5.74) is 7.38. The average Bonchev–Trinajstić information content (AvgIpc) is 2.37. The number of hydrogen-bond acceptors (Lipinski definition) is 2. The molecule has 2 N–H and O–H groups in total. The Morgan fingerprint density at radius 2 is 2.22 bits per heavy atom. The molecule has 0 fully saturated rings. The van der Waals surface area contributed by atoms with E-state index in [9.17, 15) is 9.18 Å². The van der Waals surface area contributed by atoms with Crippen molar-refractivity contribution < 1.29 is 9.18 Å². The van der Waals surface area contributed by atoms with Crippen LogP contribution in [0.25, 0.3) is 0 Å². The maximum atomic E-state index is 13.2. The van der Waals surface area contributed by atoms with Crippen LogP contribution in [0.2, 0.25) is 0 Å². The second-order valence-electron chi connectivity index (χ2n) is 4.68. The van der Waals surface area contributed by atoms with Gasteiger partial charge in [0.05, 0.1) is 0 Å². The summed E-state index contributed by atoms with van der Waals surface area (Å²) >= 11 is 0. The molecule has 0 spiro atoms. The van der Waals surface area contributed by atoms with Gasteiger partial charge in [0.1, 0.15) is 5.82 Å². The van der Waals surface area contributed by atoms with Gasteiger partial charge < -0.3 is 10.6 Å². The minimum absolute atomic E-state index is 0.118. The monoisotopic (exact) mass is 250 g/mol. The van der Waals surface area contributed by atoms with Gasteiger partial charge in [0.25, 0.3) is 0 Å². The van der Waals surface area contributed by atoms with Crippen LogP contribution >= 0.6 is 0 Å². The smallest absolute Gasteiger partial charge is 0.227 e. The number of carbonyl (C=O) groups excluding carboxylic acids is 1. The van der Waals surface area contributed by atoms with Gasteiger partial charge in [-0.15, -0.1) is 0 Å². The van der Waals surface area contributed by atoms with Crippen LogP contribution < -0.4 is 10.6 Å². The van der Waals surface area contributed by atoms with Crippen LogP contribution in [0, 0.1) is 5.82 Å². The lowest BCUT2D eigenvalue weighted by molar-refractivity contribution is -0.119. The highest BCUT2D eigenvalue weighted by molar-refractivity contribution is 5.96. The molecular weight excluding hydrogens is 231 g/mol. The number of nitrogens with two attached hydrogens (primary N) is 1. The molecule has 1 aromatic carbocycles.